The minimum atomic E-state index is 0.0977. The molecule has 0 heterocycles. The molecule has 17 heavy (non-hydrogen) atoms. The summed E-state index contributed by atoms with van der Waals surface area (Å²) in [6.07, 6.45) is 0.520. The number of benzene rings is 1. The summed E-state index contributed by atoms with van der Waals surface area (Å²) in [7, 11) is 1.85. The molecule has 3 nitrogen and oxygen atoms in total. The monoisotopic (exact) mass is 234 g/mol. The number of rotatable bonds is 6. The number of amides is 1. The maximum Gasteiger partial charge on any atom is 0.221 e. The normalized spacial score (nSPS) is 12.5. The lowest BCUT2D eigenvalue weighted by molar-refractivity contribution is -0.122. The van der Waals surface area contributed by atoms with Crippen LogP contribution < -0.4 is 10.6 Å². The van der Waals surface area contributed by atoms with Gasteiger partial charge in [-0.1, -0.05) is 44.2 Å². The zero-order chi connectivity index (χ0) is 12.7. The average molecular weight is 234 g/mol. The lowest BCUT2D eigenvalue weighted by atomic mass is 9.96. The maximum atomic E-state index is 11.7. The van der Waals surface area contributed by atoms with Crippen LogP contribution in [0.3, 0.4) is 0 Å². The van der Waals surface area contributed by atoms with Gasteiger partial charge in [0.25, 0.3) is 0 Å². The second-order valence-electron chi connectivity index (χ2n) is 4.55. The van der Waals surface area contributed by atoms with Gasteiger partial charge < -0.3 is 10.6 Å². The molecular formula is C14H22N2O. The molecule has 0 saturated heterocycles. The Morgan fingerprint density at radius 1 is 1.24 bits per heavy atom. The van der Waals surface area contributed by atoms with Crippen molar-refractivity contribution in [1.82, 2.24) is 10.6 Å². The summed E-state index contributed by atoms with van der Waals surface area (Å²) in [5.41, 5.74) is 1.17. The van der Waals surface area contributed by atoms with E-state index in [2.05, 4.69) is 36.6 Å². The van der Waals surface area contributed by atoms with Gasteiger partial charge in [0.05, 0.1) is 6.04 Å². The van der Waals surface area contributed by atoms with Crippen molar-refractivity contribution in [2.24, 2.45) is 5.92 Å². The number of carbonyl (C=O) groups excluding carboxylic acids is 1. The highest BCUT2D eigenvalue weighted by molar-refractivity contribution is 5.76. The molecule has 0 fully saturated rings. The smallest absolute Gasteiger partial charge is 0.221 e. The molecule has 3 heteroatoms. The summed E-state index contributed by atoms with van der Waals surface area (Å²) in [4.78, 5) is 11.7. The zero-order valence-corrected chi connectivity index (χ0v) is 10.9. The minimum absolute atomic E-state index is 0.0977. The fourth-order valence-corrected chi connectivity index (χ4v) is 1.78. The summed E-state index contributed by atoms with van der Waals surface area (Å²) in [6, 6.07) is 10.2. The van der Waals surface area contributed by atoms with Gasteiger partial charge in [-0.2, -0.15) is 0 Å². The summed E-state index contributed by atoms with van der Waals surface area (Å²) in [5.74, 6) is 0.484. The zero-order valence-electron chi connectivity index (χ0n) is 10.9. The van der Waals surface area contributed by atoms with Crippen LogP contribution in [0, 0.1) is 5.92 Å². The Balaban J connectivity index is 2.65. The van der Waals surface area contributed by atoms with E-state index in [0.717, 1.165) is 0 Å². The molecule has 0 bridgehead atoms. The summed E-state index contributed by atoms with van der Waals surface area (Å²) >= 11 is 0. The van der Waals surface area contributed by atoms with Crippen molar-refractivity contribution >= 4 is 5.91 Å². The van der Waals surface area contributed by atoms with Gasteiger partial charge in [-0.15, -0.1) is 0 Å². The standard InChI is InChI=1S/C14H22N2O/c1-11(2)14(12-7-5-4-6-8-12)16-13(17)9-10-15-3/h4-8,11,14-15H,9-10H2,1-3H3,(H,16,17). The Morgan fingerprint density at radius 2 is 1.88 bits per heavy atom. The largest absolute Gasteiger partial charge is 0.349 e. The highest BCUT2D eigenvalue weighted by Gasteiger charge is 2.17. The highest BCUT2D eigenvalue weighted by Crippen LogP contribution is 2.21. The Bertz CT molecular complexity index is 335. The Labute approximate surface area is 104 Å². The molecule has 1 unspecified atom stereocenters. The average Bonchev–Trinajstić information content (AvgIpc) is 2.34. The van der Waals surface area contributed by atoms with Crippen LogP contribution in [0.5, 0.6) is 0 Å². The summed E-state index contributed by atoms with van der Waals surface area (Å²) in [5, 5.41) is 6.07. The molecular weight excluding hydrogens is 212 g/mol. The van der Waals surface area contributed by atoms with Crippen LogP contribution in [-0.4, -0.2) is 19.5 Å². The van der Waals surface area contributed by atoms with E-state index in [9.17, 15) is 4.79 Å². The van der Waals surface area contributed by atoms with Crippen molar-refractivity contribution in [1.29, 1.82) is 0 Å². The van der Waals surface area contributed by atoms with Crippen molar-refractivity contribution < 1.29 is 4.79 Å². The molecule has 0 aliphatic heterocycles. The van der Waals surface area contributed by atoms with E-state index in [1.54, 1.807) is 0 Å². The van der Waals surface area contributed by atoms with E-state index in [4.69, 9.17) is 0 Å². The van der Waals surface area contributed by atoms with Crippen molar-refractivity contribution in [2.45, 2.75) is 26.3 Å². The molecule has 1 rings (SSSR count). The number of hydrogen-bond donors (Lipinski definition) is 2. The van der Waals surface area contributed by atoms with Gasteiger partial charge in [-0.3, -0.25) is 4.79 Å². The second kappa shape index (κ2) is 7.07. The van der Waals surface area contributed by atoms with Crippen LogP contribution in [0.25, 0.3) is 0 Å². The van der Waals surface area contributed by atoms with Crippen LogP contribution in [-0.2, 0) is 4.79 Å². The third kappa shape index (κ3) is 4.57. The van der Waals surface area contributed by atoms with E-state index < -0.39 is 0 Å². The quantitative estimate of drug-likeness (QED) is 0.791. The molecule has 1 amide bonds. The van der Waals surface area contributed by atoms with Gasteiger partial charge in [0.1, 0.15) is 0 Å². The Kier molecular flexibility index (Phi) is 5.70. The van der Waals surface area contributed by atoms with Crippen molar-refractivity contribution in [2.75, 3.05) is 13.6 Å². The van der Waals surface area contributed by atoms with Crippen molar-refractivity contribution in [3.8, 4) is 0 Å². The molecule has 0 radical (unpaired) electrons. The Hall–Kier alpha value is -1.35. The number of nitrogens with one attached hydrogen (secondary N) is 2. The predicted molar refractivity (Wildman–Crippen MR) is 70.7 cm³/mol. The van der Waals surface area contributed by atoms with E-state index in [-0.39, 0.29) is 11.9 Å². The molecule has 1 aromatic rings. The molecule has 94 valence electrons. The minimum Gasteiger partial charge on any atom is -0.349 e. The van der Waals surface area contributed by atoms with Gasteiger partial charge in [-0.25, -0.2) is 0 Å². The van der Waals surface area contributed by atoms with Crippen LogP contribution in [0.1, 0.15) is 31.9 Å². The van der Waals surface area contributed by atoms with Crippen LogP contribution in [0.15, 0.2) is 30.3 Å². The first kappa shape index (κ1) is 13.7. The fraction of sp³-hybridized carbons (Fsp3) is 0.500. The highest BCUT2D eigenvalue weighted by atomic mass is 16.1. The summed E-state index contributed by atoms with van der Waals surface area (Å²) < 4.78 is 0. The molecule has 1 aromatic carbocycles. The number of hydrogen-bond acceptors (Lipinski definition) is 2. The van der Waals surface area contributed by atoms with Gasteiger partial charge in [0.15, 0.2) is 0 Å². The third-order valence-corrected chi connectivity index (χ3v) is 2.74. The first-order valence-electron chi connectivity index (χ1n) is 6.14. The predicted octanol–water partition coefficient (Wildman–Crippen LogP) is 2.11. The molecule has 0 aliphatic rings. The van der Waals surface area contributed by atoms with E-state index in [0.29, 0.717) is 18.9 Å². The molecule has 0 saturated carbocycles. The van der Waals surface area contributed by atoms with Crippen LogP contribution in [0.4, 0.5) is 0 Å². The van der Waals surface area contributed by atoms with E-state index in [1.165, 1.54) is 5.56 Å². The SMILES string of the molecule is CNCCC(=O)NC(c1ccccc1)C(C)C. The van der Waals surface area contributed by atoms with Gasteiger partial charge >= 0.3 is 0 Å². The topological polar surface area (TPSA) is 41.1 Å². The van der Waals surface area contributed by atoms with Crippen molar-refractivity contribution in [3.63, 3.8) is 0 Å². The molecule has 0 aromatic heterocycles. The summed E-state index contributed by atoms with van der Waals surface area (Å²) in [6.45, 7) is 4.96. The molecule has 0 aliphatic carbocycles. The van der Waals surface area contributed by atoms with Gasteiger partial charge in [0, 0.05) is 13.0 Å². The van der Waals surface area contributed by atoms with E-state index in [1.807, 2.05) is 25.2 Å². The third-order valence-electron chi connectivity index (χ3n) is 2.74. The first-order valence-corrected chi connectivity index (χ1v) is 6.14. The molecule has 2 N–H and O–H groups in total. The molecule has 1 atom stereocenters. The Morgan fingerprint density at radius 3 is 2.41 bits per heavy atom. The van der Waals surface area contributed by atoms with Crippen molar-refractivity contribution in [3.05, 3.63) is 35.9 Å². The van der Waals surface area contributed by atoms with Crippen LogP contribution in [0.2, 0.25) is 0 Å². The lowest BCUT2D eigenvalue weighted by Crippen LogP contribution is -2.33. The second-order valence-corrected chi connectivity index (χ2v) is 4.55. The molecule has 0 spiro atoms. The van der Waals surface area contributed by atoms with E-state index >= 15 is 0 Å². The fourth-order valence-electron chi connectivity index (χ4n) is 1.78. The van der Waals surface area contributed by atoms with Gasteiger partial charge in [-0.05, 0) is 18.5 Å². The van der Waals surface area contributed by atoms with Gasteiger partial charge in [0.2, 0.25) is 5.91 Å². The first-order chi connectivity index (χ1) is 8.15. The van der Waals surface area contributed by atoms with Crippen LogP contribution >= 0.6 is 0 Å². The lowest BCUT2D eigenvalue weighted by Gasteiger charge is -2.23. The number of carbonyl (C=O) groups is 1. The maximum absolute atomic E-state index is 11.7.